The number of halogens is 1. The monoisotopic (exact) mass is 349 g/mol. The molecule has 128 valence electrons. The van der Waals surface area contributed by atoms with Crippen molar-refractivity contribution in [2.24, 2.45) is 0 Å². The summed E-state index contributed by atoms with van der Waals surface area (Å²) in [7, 11) is -4.18. The number of esters is 1. The minimum Gasteiger partial charge on any atom is -0.465 e. The molecule has 0 aliphatic carbocycles. The first-order valence-corrected chi connectivity index (χ1v) is 8.06. The molecule has 0 aliphatic heterocycles. The van der Waals surface area contributed by atoms with Crippen LogP contribution < -0.4 is 10.0 Å². The van der Waals surface area contributed by atoms with Crippen LogP contribution in [-0.2, 0) is 19.6 Å². The summed E-state index contributed by atoms with van der Waals surface area (Å²) in [4.78, 5) is 20.3. The Kier molecular flexibility index (Phi) is 7.00. The van der Waals surface area contributed by atoms with Crippen LogP contribution in [0.1, 0.15) is 6.92 Å². The van der Waals surface area contributed by atoms with E-state index in [2.05, 4.69) is 14.8 Å². The van der Waals surface area contributed by atoms with Gasteiger partial charge in [0, 0.05) is 13.1 Å². The summed E-state index contributed by atoms with van der Waals surface area (Å²) in [6, 6.07) is 2.18. The molecule has 0 saturated heterocycles. The number of nitrogens with zero attached hydrogens (tertiary/aromatic N) is 1. The van der Waals surface area contributed by atoms with Gasteiger partial charge in [0.05, 0.1) is 24.1 Å². The molecular weight excluding hydrogens is 333 g/mol. The van der Waals surface area contributed by atoms with Gasteiger partial charge in [-0.3, -0.25) is 14.9 Å². The van der Waals surface area contributed by atoms with Gasteiger partial charge < -0.3 is 10.1 Å². The van der Waals surface area contributed by atoms with Gasteiger partial charge in [-0.05, 0) is 19.1 Å². The van der Waals surface area contributed by atoms with Crippen LogP contribution >= 0.6 is 0 Å². The lowest BCUT2D eigenvalue weighted by atomic mass is 10.3. The number of nitro benzene ring substituents is 1. The number of rotatable bonds is 9. The van der Waals surface area contributed by atoms with Gasteiger partial charge in [0.25, 0.3) is 5.69 Å². The molecule has 0 aliphatic rings. The van der Waals surface area contributed by atoms with E-state index in [4.69, 9.17) is 0 Å². The van der Waals surface area contributed by atoms with Gasteiger partial charge >= 0.3 is 5.97 Å². The van der Waals surface area contributed by atoms with E-state index in [1.807, 2.05) is 0 Å². The molecule has 0 fully saturated rings. The van der Waals surface area contributed by atoms with E-state index < -0.39 is 37.3 Å². The Morgan fingerprint density at radius 1 is 1.39 bits per heavy atom. The SMILES string of the molecule is CCOC(=O)CNCCNS(=O)(=O)c1ccc(F)cc1[N+](=O)[O-]. The van der Waals surface area contributed by atoms with Gasteiger partial charge in [0.2, 0.25) is 10.0 Å². The van der Waals surface area contributed by atoms with E-state index in [1.54, 1.807) is 6.92 Å². The first kappa shape index (κ1) is 18.9. The van der Waals surface area contributed by atoms with Gasteiger partial charge in [0.15, 0.2) is 4.90 Å². The lowest BCUT2D eigenvalue weighted by Gasteiger charge is -2.08. The molecule has 0 radical (unpaired) electrons. The minimum absolute atomic E-state index is 0.0910. The van der Waals surface area contributed by atoms with Gasteiger partial charge in [0.1, 0.15) is 5.82 Å². The first-order valence-electron chi connectivity index (χ1n) is 6.58. The normalized spacial score (nSPS) is 11.2. The van der Waals surface area contributed by atoms with Crippen molar-refractivity contribution in [1.82, 2.24) is 10.0 Å². The Morgan fingerprint density at radius 2 is 2.09 bits per heavy atom. The minimum atomic E-state index is -4.18. The quantitative estimate of drug-likeness (QED) is 0.281. The second-order valence-electron chi connectivity index (χ2n) is 4.25. The number of ether oxygens (including phenoxy) is 1. The summed E-state index contributed by atoms with van der Waals surface area (Å²) in [6.45, 7) is 1.79. The van der Waals surface area contributed by atoms with E-state index in [0.29, 0.717) is 6.07 Å². The average Bonchev–Trinajstić information content (AvgIpc) is 2.46. The highest BCUT2D eigenvalue weighted by Crippen LogP contribution is 2.24. The molecule has 0 unspecified atom stereocenters. The van der Waals surface area contributed by atoms with Gasteiger partial charge in [-0.2, -0.15) is 0 Å². The fraction of sp³-hybridized carbons (Fsp3) is 0.417. The molecule has 0 heterocycles. The molecule has 2 N–H and O–H groups in total. The van der Waals surface area contributed by atoms with E-state index in [9.17, 15) is 27.7 Å². The number of carbonyl (C=O) groups excluding carboxylic acids is 1. The van der Waals surface area contributed by atoms with Crippen molar-refractivity contribution >= 4 is 21.7 Å². The summed E-state index contributed by atoms with van der Waals surface area (Å²) in [5.74, 6) is -1.39. The molecule has 0 saturated carbocycles. The van der Waals surface area contributed by atoms with Crippen molar-refractivity contribution in [2.45, 2.75) is 11.8 Å². The molecule has 1 aromatic rings. The third-order valence-corrected chi connectivity index (χ3v) is 4.08. The predicted molar refractivity (Wildman–Crippen MR) is 77.7 cm³/mol. The second-order valence-corrected chi connectivity index (χ2v) is 5.98. The van der Waals surface area contributed by atoms with Crippen LogP contribution in [0.2, 0.25) is 0 Å². The fourth-order valence-electron chi connectivity index (χ4n) is 1.61. The van der Waals surface area contributed by atoms with E-state index in [0.717, 1.165) is 12.1 Å². The van der Waals surface area contributed by atoms with Gasteiger partial charge in [-0.1, -0.05) is 0 Å². The van der Waals surface area contributed by atoms with Crippen LogP contribution in [0.25, 0.3) is 0 Å². The lowest BCUT2D eigenvalue weighted by Crippen LogP contribution is -2.34. The van der Waals surface area contributed by atoms with E-state index >= 15 is 0 Å². The molecule has 9 nitrogen and oxygen atoms in total. The molecule has 1 rings (SSSR count). The maximum atomic E-state index is 13.0. The van der Waals surface area contributed by atoms with Crippen LogP contribution in [0.3, 0.4) is 0 Å². The third kappa shape index (κ3) is 5.88. The number of nitrogens with one attached hydrogen (secondary N) is 2. The highest BCUT2D eigenvalue weighted by Gasteiger charge is 2.25. The summed E-state index contributed by atoms with van der Waals surface area (Å²) in [5.41, 5.74) is -0.850. The van der Waals surface area contributed by atoms with Crippen molar-refractivity contribution in [1.29, 1.82) is 0 Å². The van der Waals surface area contributed by atoms with Crippen LogP contribution in [0.4, 0.5) is 10.1 Å². The number of benzene rings is 1. The van der Waals surface area contributed by atoms with Crippen molar-refractivity contribution < 1.29 is 27.3 Å². The largest absolute Gasteiger partial charge is 0.465 e. The third-order valence-electron chi connectivity index (χ3n) is 2.58. The summed E-state index contributed by atoms with van der Waals surface area (Å²) in [5, 5.41) is 13.5. The van der Waals surface area contributed by atoms with Crippen LogP contribution in [-0.4, -0.2) is 45.6 Å². The zero-order valence-corrected chi connectivity index (χ0v) is 13.1. The summed E-state index contributed by atoms with van der Waals surface area (Å²) >= 11 is 0. The topological polar surface area (TPSA) is 128 Å². The maximum Gasteiger partial charge on any atom is 0.319 e. The number of hydrogen-bond acceptors (Lipinski definition) is 7. The Morgan fingerprint density at radius 3 is 2.70 bits per heavy atom. The highest BCUT2D eigenvalue weighted by molar-refractivity contribution is 7.89. The first-order chi connectivity index (χ1) is 10.8. The van der Waals surface area contributed by atoms with Gasteiger partial charge in [-0.25, -0.2) is 17.5 Å². The Hall–Kier alpha value is -2.11. The fourth-order valence-corrected chi connectivity index (χ4v) is 2.80. The van der Waals surface area contributed by atoms with Crippen molar-refractivity contribution in [3.63, 3.8) is 0 Å². The zero-order chi connectivity index (χ0) is 17.5. The predicted octanol–water partition coefficient (Wildman–Crippen LogP) is 0.165. The van der Waals surface area contributed by atoms with Gasteiger partial charge in [-0.15, -0.1) is 0 Å². The van der Waals surface area contributed by atoms with Crippen LogP contribution in [0.5, 0.6) is 0 Å². The zero-order valence-electron chi connectivity index (χ0n) is 12.2. The standard InChI is InChI=1S/C12H16FN3O6S/c1-2-22-12(17)8-14-5-6-15-23(20,21)11-4-3-9(13)7-10(11)16(18)19/h3-4,7,14-15H,2,5-6,8H2,1H3. The van der Waals surface area contributed by atoms with Crippen LogP contribution in [0.15, 0.2) is 23.1 Å². The highest BCUT2D eigenvalue weighted by atomic mass is 32.2. The molecule has 0 bridgehead atoms. The molecule has 23 heavy (non-hydrogen) atoms. The molecule has 0 aromatic heterocycles. The number of hydrogen-bond donors (Lipinski definition) is 2. The van der Waals surface area contributed by atoms with Crippen LogP contribution in [0, 0.1) is 15.9 Å². The van der Waals surface area contributed by atoms with Crippen molar-refractivity contribution in [3.05, 3.63) is 34.1 Å². The molecule has 1 aromatic carbocycles. The van der Waals surface area contributed by atoms with E-state index in [-0.39, 0.29) is 26.2 Å². The Labute approximate surface area is 132 Å². The molecule has 0 spiro atoms. The molecule has 0 amide bonds. The summed E-state index contributed by atoms with van der Waals surface area (Å²) < 4.78 is 43.8. The molecule has 11 heteroatoms. The molecule has 0 atom stereocenters. The van der Waals surface area contributed by atoms with Crippen molar-refractivity contribution in [3.8, 4) is 0 Å². The number of sulfonamides is 1. The molecular formula is C12H16FN3O6S. The van der Waals surface area contributed by atoms with E-state index in [1.165, 1.54) is 0 Å². The number of nitro groups is 1. The number of carbonyl (C=O) groups is 1. The summed E-state index contributed by atoms with van der Waals surface area (Å²) in [6.07, 6.45) is 0. The maximum absolute atomic E-state index is 13.0. The lowest BCUT2D eigenvalue weighted by molar-refractivity contribution is -0.388. The Balaban J connectivity index is 2.63. The smallest absolute Gasteiger partial charge is 0.319 e. The van der Waals surface area contributed by atoms with Crippen molar-refractivity contribution in [2.75, 3.05) is 26.2 Å². The second kappa shape index (κ2) is 8.50. The Bertz CT molecular complexity index is 679. The average molecular weight is 349 g/mol.